The van der Waals surface area contributed by atoms with Crippen LogP contribution in [0.1, 0.15) is 37.8 Å². The van der Waals surface area contributed by atoms with Crippen LogP contribution in [0.25, 0.3) is 0 Å². The number of nitrogens with one attached hydrogen (secondary N) is 1. The van der Waals surface area contributed by atoms with Gasteiger partial charge in [-0.1, -0.05) is 43.7 Å². The zero-order chi connectivity index (χ0) is 15.2. The topological polar surface area (TPSA) is 32.3 Å². The van der Waals surface area contributed by atoms with Gasteiger partial charge < -0.3 is 10.2 Å². The summed E-state index contributed by atoms with van der Waals surface area (Å²) in [4.78, 5) is 14.5. The van der Waals surface area contributed by atoms with Gasteiger partial charge in [-0.05, 0) is 37.8 Å². The minimum atomic E-state index is 0.265. The van der Waals surface area contributed by atoms with Gasteiger partial charge >= 0.3 is 0 Å². The number of aryl methyl sites for hydroxylation is 1. The fourth-order valence-corrected chi connectivity index (χ4v) is 3.11. The van der Waals surface area contributed by atoms with Crippen LogP contribution < -0.4 is 5.32 Å². The number of rotatable bonds is 5. The van der Waals surface area contributed by atoms with E-state index in [0.29, 0.717) is 18.4 Å². The summed E-state index contributed by atoms with van der Waals surface area (Å²) in [7, 11) is 0. The molecule has 2 unspecified atom stereocenters. The van der Waals surface area contributed by atoms with Crippen molar-refractivity contribution in [1.82, 2.24) is 10.2 Å². The zero-order valence-electron chi connectivity index (χ0n) is 13.6. The van der Waals surface area contributed by atoms with Crippen molar-refractivity contribution in [3.05, 3.63) is 35.4 Å². The van der Waals surface area contributed by atoms with Crippen LogP contribution in [-0.4, -0.2) is 36.5 Å². The molecule has 0 radical (unpaired) electrons. The molecular weight excluding hydrogens is 260 g/mol. The summed E-state index contributed by atoms with van der Waals surface area (Å²) in [5, 5.41) is 3.60. The molecule has 0 saturated carbocycles. The minimum Gasteiger partial charge on any atom is -0.342 e. The van der Waals surface area contributed by atoms with Crippen molar-refractivity contribution < 1.29 is 4.79 Å². The van der Waals surface area contributed by atoms with E-state index >= 15 is 0 Å². The Morgan fingerprint density at radius 2 is 2.24 bits per heavy atom. The molecule has 3 heteroatoms. The van der Waals surface area contributed by atoms with E-state index in [1.807, 2.05) is 17.0 Å². The second kappa shape index (κ2) is 7.60. The van der Waals surface area contributed by atoms with Gasteiger partial charge in [0.05, 0.1) is 6.42 Å². The molecular formula is C18H28N2O. The lowest BCUT2D eigenvalue weighted by atomic mass is 9.93. The highest BCUT2D eigenvalue weighted by Crippen LogP contribution is 2.18. The Bertz CT molecular complexity index is 472. The molecule has 0 aromatic heterocycles. The molecule has 0 aliphatic carbocycles. The Morgan fingerprint density at radius 1 is 1.43 bits per heavy atom. The van der Waals surface area contributed by atoms with Crippen molar-refractivity contribution in [3.8, 4) is 0 Å². The SMILES string of the molecule is CCCNC1CCN(C(=O)Cc2cccc(C)c2)CC1C. The number of hydrogen-bond donors (Lipinski definition) is 1. The molecule has 1 fully saturated rings. The fraction of sp³-hybridized carbons (Fsp3) is 0.611. The van der Waals surface area contributed by atoms with Gasteiger partial charge in [-0.15, -0.1) is 0 Å². The molecule has 1 N–H and O–H groups in total. The zero-order valence-corrected chi connectivity index (χ0v) is 13.6. The summed E-state index contributed by atoms with van der Waals surface area (Å²) in [6.45, 7) is 9.35. The maximum atomic E-state index is 12.5. The lowest BCUT2D eigenvalue weighted by molar-refractivity contribution is -0.132. The number of carbonyl (C=O) groups excluding carboxylic acids is 1. The van der Waals surface area contributed by atoms with Crippen molar-refractivity contribution in [2.45, 2.75) is 46.1 Å². The van der Waals surface area contributed by atoms with Crippen LogP contribution in [0.4, 0.5) is 0 Å². The standard InChI is InChI=1S/C18H28N2O/c1-4-9-19-17-8-10-20(13-15(17)3)18(21)12-16-7-5-6-14(2)11-16/h5-7,11,15,17,19H,4,8-10,12-13H2,1-3H3. The Morgan fingerprint density at radius 3 is 2.90 bits per heavy atom. The molecule has 3 nitrogen and oxygen atoms in total. The Hall–Kier alpha value is -1.35. The maximum Gasteiger partial charge on any atom is 0.227 e. The summed E-state index contributed by atoms with van der Waals surface area (Å²) in [5.41, 5.74) is 2.34. The predicted molar refractivity (Wildman–Crippen MR) is 87.3 cm³/mol. The smallest absolute Gasteiger partial charge is 0.227 e. The molecule has 2 rings (SSSR count). The van der Waals surface area contributed by atoms with Crippen molar-refractivity contribution in [1.29, 1.82) is 0 Å². The second-order valence-electron chi connectivity index (χ2n) is 6.33. The lowest BCUT2D eigenvalue weighted by Gasteiger charge is -2.37. The number of piperidine rings is 1. The van der Waals surface area contributed by atoms with E-state index in [1.165, 1.54) is 12.0 Å². The van der Waals surface area contributed by atoms with E-state index in [4.69, 9.17) is 0 Å². The van der Waals surface area contributed by atoms with Crippen LogP contribution in [0.15, 0.2) is 24.3 Å². The Labute approximate surface area is 128 Å². The van der Waals surface area contributed by atoms with E-state index < -0.39 is 0 Å². The van der Waals surface area contributed by atoms with Gasteiger partial charge in [0.25, 0.3) is 0 Å². The van der Waals surface area contributed by atoms with E-state index in [0.717, 1.165) is 31.6 Å². The van der Waals surface area contributed by atoms with Crippen molar-refractivity contribution in [2.75, 3.05) is 19.6 Å². The molecule has 1 aromatic carbocycles. The number of carbonyl (C=O) groups is 1. The van der Waals surface area contributed by atoms with Crippen LogP contribution in [0.2, 0.25) is 0 Å². The number of benzene rings is 1. The quantitative estimate of drug-likeness (QED) is 0.903. The third kappa shape index (κ3) is 4.57. The monoisotopic (exact) mass is 288 g/mol. The second-order valence-corrected chi connectivity index (χ2v) is 6.33. The molecule has 1 saturated heterocycles. The largest absolute Gasteiger partial charge is 0.342 e. The summed E-state index contributed by atoms with van der Waals surface area (Å²) in [5.74, 6) is 0.799. The van der Waals surface area contributed by atoms with Gasteiger partial charge in [-0.3, -0.25) is 4.79 Å². The summed E-state index contributed by atoms with van der Waals surface area (Å²) >= 11 is 0. The molecule has 1 aliphatic heterocycles. The highest BCUT2D eigenvalue weighted by Gasteiger charge is 2.27. The predicted octanol–water partition coefficient (Wildman–Crippen LogP) is 2.77. The van der Waals surface area contributed by atoms with Crippen molar-refractivity contribution in [3.63, 3.8) is 0 Å². The Balaban J connectivity index is 1.87. The van der Waals surface area contributed by atoms with Gasteiger partial charge in [-0.2, -0.15) is 0 Å². The molecule has 0 bridgehead atoms. The van der Waals surface area contributed by atoms with Gasteiger partial charge in [-0.25, -0.2) is 0 Å². The van der Waals surface area contributed by atoms with Crippen LogP contribution in [-0.2, 0) is 11.2 Å². The minimum absolute atomic E-state index is 0.265. The van der Waals surface area contributed by atoms with Crippen LogP contribution >= 0.6 is 0 Å². The first-order valence-electron chi connectivity index (χ1n) is 8.17. The van der Waals surface area contributed by atoms with Gasteiger partial charge in [0.1, 0.15) is 0 Å². The molecule has 1 aromatic rings. The third-order valence-electron chi connectivity index (χ3n) is 4.35. The molecule has 1 amide bonds. The first-order chi connectivity index (χ1) is 10.1. The number of nitrogens with zero attached hydrogens (tertiary/aromatic N) is 1. The lowest BCUT2D eigenvalue weighted by Crippen LogP contribution is -2.50. The molecule has 2 atom stereocenters. The average molecular weight is 288 g/mol. The van der Waals surface area contributed by atoms with E-state index in [2.05, 4.69) is 38.2 Å². The molecule has 1 heterocycles. The normalized spacial score (nSPS) is 22.3. The first-order valence-corrected chi connectivity index (χ1v) is 8.17. The van der Waals surface area contributed by atoms with Gasteiger partial charge in [0, 0.05) is 19.1 Å². The van der Waals surface area contributed by atoms with Crippen molar-refractivity contribution in [2.24, 2.45) is 5.92 Å². The Kier molecular flexibility index (Phi) is 5.80. The molecule has 0 spiro atoms. The summed E-state index contributed by atoms with van der Waals surface area (Å²) in [6.07, 6.45) is 2.77. The third-order valence-corrected chi connectivity index (χ3v) is 4.35. The van der Waals surface area contributed by atoms with Crippen LogP contribution in [0, 0.1) is 12.8 Å². The number of amides is 1. The maximum absolute atomic E-state index is 12.5. The molecule has 1 aliphatic rings. The van der Waals surface area contributed by atoms with Crippen LogP contribution in [0.5, 0.6) is 0 Å². The van der Waals surface area contributed by atoms with Gasteiger partial charge in [0.15, 0.2) is 0 Å². The molecule has 116 valence electrons. The van der Waals surface area contributed by atoms with E-state index in [9.17, 15) is 4.79 Å². The first kappa shape index (κ1) is 16.0. The van der Waals surface area contributed by atoms with E-state index in [1.54, 1.807) is 0 Å². The molecule has 21 heavy (non-hydrogen) atoms. The summed E-state index contributed by atoms with van der Waals surface area (Å²) < 4.78 is 0. The van der Waals surface area contributed by atoms with Crippen molar-refractivity contribution >= 4 is 5.91 Å². The highest BCUT2D eigenvalue weighted by molar-refractivity contribution is 5.79. The van der Waals surface area contributed by atoms with Gasteiger partial charge in [0.2, 0.25) is 5.91 Å². The summed E-state index contributed by atoms with van der Waals surface area (Å²) in [6, 6.07) is 8.82. The van der Waals surface area contributed by atoms with Crippen LogP contribution in [0.3, 0.4) is 0 Å². The fourth-order valence-electron chi connectivity index (χ4n) is 3.11. The number of hydrogen-bond acceptors (Lipinski definition) is 2. The van der Waals surface area contributed by atoms with E-state index in [-0.39, 0.29) is 5.91 Å². The average Bonchev–Trinajstić information content (AvgIpc) is 2.46. The number of likely N-dealkylation sites (tertiary alicyclic amines) is 1. The highest BCUT2D eigenvalue weighted by atomic mass is 16.2.